The van der Waals surface area contributed by atoms with Gasteiger partial charge in [0, 0.05) is 12.1 Å². The topological polar surface area (TPSA) is 152 Å². The van der Waals surface area contributed by atoms with Crippen molar-refractivity contribution in [3.8, 4) is 0 Å². The Morgan fingerprint density at radius 2 is 2.11 bits per heavy atom. The number of nitrogens with zero attached hydrogens (tertiary/aromatic N) is 2. The summed E-state index contributed by atoms with van der Waals surface area (Å²) in [6.45, 7) is 0. The van der Waals surface area contributed by atoms with E-state index in [0.29, 0.717) is 5.52 Å². The Labute approximate surface area is 105 Å². The largest absolute Gasteiger partial charge is 0.547 e. The molecule has 0 saturated heterocycles. The maximum atomic E-state index is 10.6. The molecule has 0 aliphatic heterocycles. The molecule has 19 heavy (non-hydrogen) atoms. The first-order chi connectivity index (χ1) is 8.90. The standard InChI is InChI=1S/C10H9N3O6/c14-7(8(15)10(16)17)9-11-5-2-1-4(13(18)19)3-6(5)12-9/h1-3,7-8,14-15H,(H,11,12)(H,16,17)/p-1/t7-,8-/m1/s1. The number of H-pyrrole nitrogens is 1. The van der Waals surface area contributed by atoms with Crippen LogP contribution in [0.3, 0.4) is 0 Å². The second-order valence-electron chi connectivity index (χ2n) is 3.79. The average molecular weight is 266 g/mol. The van der Waals surface area contributed by atoms with Crippen LogP contribution in [0.1, 0.15) is 11.9 Å². The SMILES string of the molecule is O=C([O-])[C@H](O)[C@@H](O)c1nc2ccc([N+](=O)[O-])cc2[nH]1. The monoisotopic (exact) mass is 266 g/mol. The van der Waals surface area contributed by atoms with Crippen molar-refractivity contribution < 1.29 is 25.0 Å². The van der Waals surface area contributed by atoms with Gasteiger partial charge < -0.3 is 25.1 Å². The van der Waals surface area contributed by atoms with Crippen LogP contribution in [0.15, 0.2) is 18.2 Å². The summed E-state index contributed by atoms with van der Waals surface area (Å²) in [5, 5.41) is 39.7. The molecular formula is C10H8N3O6-. The highest BCUT2D eigenvalue weighted by Gasteiger charge is 2.23. The number of rotatable bonds is 4. The van der Waals surface area contributed by atoms with Gasteiger partial charge in [-0.15, -0.1) is 0 Å². The number of aromatic nitrogens is 2. The van der Waals surface area contributed by atoms with Crippen LogP contribution in [-0.4, -0.2) is 37.2 Å². The Morgan fingerprint density at radius 1 is 1.42 bits per heavy atom. The van der Waals surface area contributed by atoms with Crippen LogP contribution in [0.2, 0.25) is 0 Å². The number of fused-ring (bicyclic) bond motifs is 1. The number of carbonyl (C=O) groups is 1. The molecule has 1 aromatic carbocycles. The van der Waals surface area contributed by atoms with Crippen LogP contribution in [0.4, 0.5) is 5.69 Å². The molecular weight excluding hydrogens is 258 g/mol. The van der Waals surface area contributed by atoms with Crippen LogP contribution in [0.25, 0.3) is 11.0 Å². The van der Waals surface area contributed by atoms with Crippen molar-refractivity contribution in [3.05, 3.63) is 34.1 Å². The zero-order chi connectivity index (χ0) is 14.2. The van der Waals surface area contributed by atoms with Crippen LogP contribution in [0.5, 0.6) is 0 Å². The second-order valence-corrected chi connectivity index (χ2v) is 3.79. The Kier molecular flexibility index (Phi) is 3.15. The number of nitrogens with one attached hydrogen (secondary N) is 1. The van der Waals surface area contributed by atoms with Crippen molar-refractivity contribution in [2.75, 3.05) is 0 Å². The third-order valence-corrected chi connectivity index (χ3v) is 2.52. The predicted octanol–water partition coefficient (Wildman–Crippen LogP) is -1.38. The van der Waals surface area contributed by atoms with Gasteiger partial charge >= 0.3 is 0 Å². The molecule has 9 nitrogen and oxygen atoms in total. The van der Waals surface area contributed by atoms with Gasteiger partial charge in [-0.1, -0.05) is 0 Å². The Bertz CT molecular complexity index is 652. The molecule has 0 bridgehead atoms. The highest BCUT2D eigenvalue weighted by molar-refractivity contribution is 5.78. The van der Waals surface area contributed by atoms with Crippen LogP contribution >= 0.6 is 0 Å². The molecule has 2 aromatic rings. The minimum Gasteiger partial charge on any atom is -0.547 e. The number of carboxylic acids is 1. The first-order valence-corrected chi connectivity index (χ1v) is 5.11. The highest BCUT2D eigenvalue weighted by Crippen LogP contribution is 2.22. The molecule has 1 heterocycles. The van der Waals surface area contributed by atoms with E-state index in [0.717, 1.165) is 0 Å². The third kappa shape index (κ3) is 2.37. The van der Waals surface area contributed by atoms with Gasteiger partial charge in [-0.3, -0.25) is 10.1 Å². The smallest absolute Gasteiger partial charge is 0.271 e. The van der Waals surface area contributed by atoms with Gasteiger partial charge in [-0.05, 0) is 6.07 Å². The fourth-order valence-corrected chi connectivity index (χ4v) is 1.55. The molecule has 0 aliphatic carbocycles. The van der Waals surface area contributed by atoms with Crippen LogP contribution in [-0.2, 0) is 4.79 Å². The van der Waals surface area contributed by atoms with Crippen LogP contribution < -0.4 is 5.11 Å². The molecule has 3 N–H and O–H groups in total. The van der Waals surface area contributed by atoms with Crippen molar-refractivity contribution in [3.63, 3.8) is 0 Å². The number of nitro benzene ring substituents is 1. The molecule has 0 fully saturated rings. The Hall–Kier alpha value is -2.52. The van der Waals surface area contributed by atoms with Crippen molar-refractivity contribution in [2.24, 2.45) is 0 Å². The summed E-state index contributed by atoms with van der Waals surface area (Å²) in [6.07, 6.45) is -3.95. The Morgan fingerprint density at radius 3 is 2.68 bits per heavy atom. The van der Waals surface area contributed by atoms with E-state index in [-0.39, 0.29) is 17.0 Å². The summed E-state index contributed by atoms with van der Waals surface area (Å²) in [5.41, 5.74) is 0.358. The van der Waals surface area contributed by atoms with E-state index in [1.807, 2.05) is 0 Å². The number of hydrogen-bond acceptors (Lipinski definition) is 7. The van der Waals surface area contributed by atoms with Gasteiger partial charge in [0.15, 0.2) is 0 Å². The molecule has 2 atom stereocenters. The van der Waals surface area contributed by atoms with Gasteiger partial charge in [0.2, 0.25) is 0 Å². The van der Waals surface area contributed by atoms with E-state index in [4.69, 9.17) is 5.11 Å². The maximum absolute atomic E-state index is 10.6. The molecule has 0 saturated carbocycles. The first kappa shape index (κ1) is 12.9. The van der Waals surface area contributed by atoms with Gasteiger partial charge in [-0.25, -0.2) is 4.98 Å². The molecule has 0 unspecified atom stereocenters. The minimum absolute atomic E-state index is 0.183. The van der Waals surface area contributed by atoms with Crippen LogP contribution in [0, 0.1) is 10.1 Å². The summed E-state index contributed by atoms with van der Waals surface area (Å²) < 4.78 is 0. The quantitative estimate of drug-likeness (QED) is 0.455. The molecule has 1 aromatic heterocycles. The number of aliphatic carboxylic acids is 1. The second kappa shape index (κ2) is 4.63. The summed E-state index contributed by atoms with van der Waals surface area (Å²) in [7, 11) is 0. The number of carbonyl (C=O) groups excluding carboxylic acids is 1. The summed E-state index contributed by atoms with van der Waals surface area (Å²) in [4.78, 5) is 26.7. The minimum atomic E-state index is -2.14. The van der Waals surface area contributed by atoms with Crippen molar-refractivity contribution in [2.45, 2.75) is 12.2 Å². The van der Waals surface area contributed by atoms with E-state index in [1.165, 1.54) is 18.2 Å². The number of carboxylic acid groups (broad SMARTS) is 1. The summed E-state index contributed by atoms with van der Waals surface area (Å²) >= 11 is 0. The van der Waals surface area contributed by atoms with Gasteiger partial charge in [0.1, 0.15) is 18.0 Å². The molecule has 0 amide bonds. The van der Waals surface area contributed by atoms with Crippen molar-refractivity contribution in [1.82, 2.24) is 9.97 Å². The van der Waals surface area contributed by atoms with Gasteiger partial charge in [-0.2, -0.15) is 0 Å². The molecule has 9 heteroatoms. The molecule has 0 radical (unpaired) electrons. The zero-order valence-corrected chi connectivity index (χ0v) is 9.31. The molecule has 0 spiro atoms. The van der Waals surface area contributed by atoms with Gasteiger partial charge in [0.25, 0.3) is 5.69 Å². The lowest BCUT2D eigenvalue weighted by atomic mass is 10.2. The number of nitro groups is 1. The third-order valence-electron chi connectivity index (χ3n) is 2.52. The number of hydrogen-bond donors (Lipinski definition) is 3. The number of non-ortho nitro benzene ring substituents is 1. The van der Waals surface area contributed by atoms with Crippen molar-refractivity contribution in [1.29, 1.82) is 0 Å². The first-order valence-electron chi connectivity index (χ1n) is 5.11. The van der Waals surface area contributed by atoms with E-state index >= 15 is 0 Å². The summed E-state index contributed by atoms with van der Waals surface area (Å²) in [5.74, 6) is -2.06. The zero-order valence-electron chi connectivity index (χ0n) is 9.31. The van der Waals surface area contributed by atoms with Crippen molar-refractivity contribution >= 4 is 22.7 Å². The number of aromatic amines is 1. The molecule has 0 aliphatic rings. The van der Waals surface area contributed by atoms with E-state index in [1.54, 1.807) is 0 Å². The van der Waals surface area contributed by atoms with E-state index < -0.39 is 23.1 Å². The van der Waals surface area contributed by atoms with E-state index in [9.17, 15) is 25.1 Å². The number of aliphatic hydroxyl groups is 2. The fraction of sp³-hybridized carbons (Fsp3) is 0.200. The normalized spacial score (nSPS) is 14.2. The lowest BCUT2D eigenvalue weighted by Crippen LogP contribution is -2.39. The average Bonchev–Trinajstić information content (AvgIpc) is 2.79. The molecule has 100 valence electrons. The lowest BCUT2D eigenvalue weighted by molar-refractivity contribution is -0.384. The Balaban J connectivity index is 2.41. The van der Waals surface area contributed by atoms with E-state index in [2.05, 4.69) is 9.97 Å². The number of benzene rings is 1. The number of aliphatic hydroxyl groups excluding tert-OH is 2. The summed E-state index contributed by atoms with van der Waals surface area (Å²) in [6, 6.07) is 3.74. The fourth-order valence-electron chi connectivity index (χ4n) is 1.55. The van der Waals surface area contributed by atoms with Gasteiger partial charge in [0.05, 0.1) is 21.9 Å². The number of imidazole rings is 1. The molecule has 2 rings (SSSR count). The lowest BCUT2D eigenvalue weighted by Gasteiger charge is -2.15. The predicted molar refractivity (Wildman–Crippen MR) is 58.7 cm³/mol. The maximum Gasteiger partial charge on any atom is 0.271 e. The highest BCUT2D eigenvalue weighted by atomic mass is 16.6.